The number of hydrogen-bond donors (Lipinski definition) is 1. The van der Waals surface area contributed by atoms with Crippen molar-refractivity contribution in [1.29, 1.82) is 0 Å². The van der Waals surface area contributed by atoms with E-state index >= 15 is 0 Å². The normalized spacial score (nSPS) is 10.5. The van der Waals surface area contributed by atoms with E-state index in [4.69, 9.17) is 0 Å². The van der Waals surface area contributed by atoms with E-state index in [9.17, 15) is 0 Å². The molecule has 2 aromatic rings. The highest BCUT2D eigenvalue weighted by Gasteiger charge is 2.08. The lowest BCUT2D eigenvalue weighted by Crippen LogP contribution is -2.20. The molecule has 0 aliphatic heterocycles. The molecule has 0 bridgehead atoms. The smallest absolute Gasteiger partial charge is 0.133 e. The molecule has 0 unspecified atom stereocenters. The number of thiophene rings is 1. The molecule has 2 heterocycles. The summed E-state index contributed by atoms with van der Waals surface area (Å²) < 4.78 is 0. The van der Waals surface area contributed by atoms with E-state index in [-0.39, 0.29) is 0 Å². The summed E-state index contributed by atoms with van der Waals surface area (Å²) in [7, 11) is 4.04. The molecule has 2 rings (SSSR count). The average molecular weight is 247 g/mol. The van der Waals surface area contributed by atoms with Gasteiger partial charge in [0.1, 0.15) is 5.82 Å². The molecule has 3 nitrogen and oxygen atoms in total. The predicted octanol–water partition coefficient (Wildman–Crippen LogP) is 2.50. The number of rotatable bonds is 5. The highest BCUT2D eigenvalue weighted by Crippen LogP contribution is 2.19. The van der Waals surface area contributed by atoms with Crippen molar-refractivity contribution in [2.45, 2.75) is 13.1 Å². The number of anilines is 1. The Morgan fingerprint density at radius 3 is 2.94 bits per heavy atom. The van der Waals surface area contributed by atoms with Crippen LogP contribution in [0, 0.1) is 0 Å². The Labute approximate surface area is 106 Å². The van der Waals surface area contributed by atoms with Gasteiger partial charge in [0.15, 0.2) is 0 Å². The van der Waals surface area contributed by atoms with E-state index in [1.54, 1.807) is 11.3 Å². The molecule has 0 amide bonds. The van der Waals surface area contributed by atoms with Gasteiger partial charge in [-0.1, -0.05) is 12.1 Å². The zero-order valence-electron chi connectivity index (χ0n) is 10.2. The molecule has 0 spiro atoms. The van der Waals surface area contributed by atoms with E-state index in [0.29, 0.717) is 0 Å². The summed E-state index contributed by atoms with van der Waals surface area (Å²) in [5.41, 5.74) is 1.23. The van der Waals surface area contributed by atoms with Gasteiger partial charge < -0.3 is 10.2 Å². The predicted molar refractivity (Wildman–Crippen MR) is 73.4 cm³/mol. The maximum atomic E-state index is 4.47. The second kappa shape index (κ2) is 5.80. The first-order chi connectivity index (χ1) is 8.31. The largest absolute Gasteiger partial charge is 0.354 e. The van der Waals surface area contributed by atoms with Gasteiger partial charge in [0.25, 0.3) is 0 Å². The lowest BCUT2D eigenvalue weighted by atomic mass is 10.2. The number of nitrogens with zero attached hydrogens (tertiary/aromatic N) is 2. The molecule has 2 aromatic heterocycles. The van der Waals surface area contributed by atoms with E-state index in [1.807, 2.05) is 19.3 Å². The summed E-state index contributed by atoms with van der Waals surface area (Å²) in [5, 5.41) is 5.28. The van der Waals surface area contributed by atoms with Crippen molar-refractivity contribution in [1.82, 2.24) is 10.3 Å². The Morgan fingerprint density at radius 2 is 2.24 bits per heavy atom. The highest BCUT2D eigenvalue weighted by molar-refractivity contribution is 7.09. The van der Waals surface area contributed by atoms with Crippen LogP contribution in [0.2, 0.25) is 0 Å². The molecule has 0 aromatic carbocycles. The van der Waals surface area contributed by atoms with Crippen LogP contribution in [0.1, 0.15) is 10.4 Å². The lowest BCUT2D eigenvalue weighted by molar-refractivity contribution is 0.797. The minimum absolute atomic E-state index is 0.845. The van der Waals surface area contributed by atoms with Gasteiger partial charge in [0.05, 0.1) is 6.54 Å². The van der Waals surface area contributed by atoms with E-state index in [2.05, 4.69) is 45.8 Å². The Kier molecular flexibility index (Phi) is 4.12. The molecular weight excluding hydrogens is 230 g/mol. The summed E-state index contributed by atoms with van der Waals surface area (Å²) >= 11 is 1.78. The second-order valence-corrected chi connectivity index (χ2v) is 4.98. The molecule has 0 radical (unpaired) electrons. The summed E-state index contributed by atoms with van der Waals surface area (Å²) in [4.78, 5) is 8.02. The van der Waals surface area contributed by atoms with Crippen molar-refractivity contribution in [2.75, 3.05) is 19.0 Å². The van der Waals surface area contributed by atoms with Gasteiger partial charge in [0, 0.05) is 30.2 Å². The lowest BCUT2D eigenvalue weighted by Gasteiger charge is -2.20. The van der Waals surface area contributed by atoms with Crippen LogP contribution in [0.15, 0.2) is 35.8 Å². The molecule has 4 heteroatoms. The number of aromatic nitrogens is 1. The standard InChI is InChI=1S/C13H17N3S/c1-14-9-11-5-3-7-15-13(11)16(2)10-12-6-4-8-17-12/h3-8,14H,9-10H2,1-2H3. The van der Waals surface area contributed by atoms with Crippen LogP contribution in [0.5, 0.6) is 0 Å². The zero-order chi connectivity index (χ0) is 12.1. The van der Waals surface area contributed by atoms with Crippen LogP contribution in [-0.4, -0.2) is 19.1 Å². The third-order valence-electron chi connectivity index (χ3n) is 2.57. The molecule has 0 aliphatic carbocycles. The number of hydrogen-bond acceptors (Lipinski definition) is 4. The number of pyridine rings is 1. The maximum absolute atomic E-state index is 4.47. The Morgan fingerprint density at radius 1 is 1.35 bits per heavy atom. The average Bonchev–Trinajstić information content (AvgIpc) is 2.83. The van der Waals surface area contributed by atoms with Crippen molar-refractivity contribution in [3.8, 4) is 0 Å². The summed E-state index contributed by atoms with van der Waals surface area (Å²) in [6.07, 6.45) is 1.85. The Bertz CT molecular complexity index is 453. The summed E-state index contributed by atoms with van der Waals surface area (Å²) in [5.74, 6) is 1.05. The first-order valence-electron chi connectivity index (χ1n) is 5.63. The molecule has 0 saturated carbocycles. The highest BCUT2D eigenvalue weighted by atomic mass is 32.1. The van der Waals surface area contributed by atoms with Crippen molar-refractivity contribution < 1.29 is 0 Å². The fourth-order valence-electron chi connectivity index (χ4n) is 1.81. The Balaban J connectivity index is 2.15. The molecule has 90 valence electrons. The van der Waals surface area contributed by atoms with Gasteiger partial charge in [-0.2, -0.15) is 0 Å². The molecule has 0 atom stereocenters. The fraction of sp³-hybridized carbons (Fsp3) is 0.308. The van der Waals surface area contributed by atoms with Crippen LogP contribution in [0.25, 0.3) is 0 Å². The van der Waals surface area contributed by atoms with Crippen LogP contribution in [0.4, 0.5) is 5.82 Å². The van der Waals surface area contributed by atoms with Crippen LogP contribution in [-0.2, 0) is 13.1 Å². The third-order valence-corrected chi connectivity index (χ3v) is 3.43. The van der Waals surface area contributed by atoms with Crippen LogP contribution >= 0.6 is 11.3 Å². The SMILES string of the molecule is CNCc1cccnc1N(C)Cc1cccs1. The van der Waals surface area contributed by atoms with Crippen molar-refractivity contribution in [3.05, 3.63) is 46.3 Å². The van der Waals surface area contributed by atoms with E-state index in [1.165, 1.54) is 10.4 Å². The van der Waals surface area contributed by atoms with Gasteiger partial charge in [0.2, 0.25) is 0 Å². The van der Waals surface area contributed by atoms with Gasteiger partial charge in [-0.25, -0.2) is 4.98 Å². The minimum atomic E-state index is 0.845. The molecule has 17 heavy (non-hydrogen) atoms. The van der Waals surface area contributed by atoms with Crippen molar-refractivity contribution in [2.24, 2.45) is 0 Å². The van der Waals surface area contributed by atoms with Crippen molar-refractivity contribution >= 4 is 17.2 Å². The maximum Gasteiger partial charge on any atom is 0.133 e. The summed E-state index contributed by atoms with van der Waals surface area (Å²) in [6.45, 7) is 1.75. The quantitative estimate of drug-likeness (QED) is 0.880. The monoisotopic (exact) mass is 247 g/mol. The molecule has 0 fully saturated rings. The minimum Gasteiger partial charge on any atom is -0.354 e. The second-order valence-electron chi connectivity index (χ2n) is 3.95. The zero-order valence-corrected chi connectivity index (χ0v) is 11.0. The van der Waals surface area contributed by atoms with Crippen LogP contribution in [0.3, 0.4) is 0 Å². The van der Waals surface area contributed by atoms with Crippen molar-refractivity contribution in [3.63, 3.8) is 0 Å². The topological polar surface area (TPSA) is 28.2 Å². The summed E-state index contributed by atoms with van der Waals surface area (Å²) in [6, 6.07) is 8.33. The van der Waals surface area contributed by atoms with E-state index in [0.717, 1.165) is 18.9 Å². The number of nitrogens with one attached hydrogen (secondary N) is 1. The fourth-order valence-corrected chi connectivity index (χ4v) is 2.57. The van der Waals surface area contributed by atoms with Gasteiger partial charge in [-0.15, -0.1) is 11.3 Å². The van der Waals surface area contributed by atoms with Gasteiger partial charge in [-0.05, 0) is 24.6 Å². The molecule has 1 N–H and O–H groups in total. The molecule has 0 saturated heterocycles. The van der Waals surface area contributed by atoms with Crippen LogP contribution < -0.4 is 10.2 Å². The third kappa shape index (κ3) is 3.05. The van der Waals surface area contributed by atoms with Gasteiger partial charge in [-0.3, -0.25) is 0 Å². The van der Waals surface area contributed by atoms with E-state index < -0.39 is 0 Å². The first kappa shape index (κ1) is 12.1. The molecule has 0 aliphatic rings. The molecular formula is C13H17N3S. The van der Waals surface area contributed by atoms with Gasteiger partial charge >= 0.3 is 0 Å². The first-order valence-corrected chi connectivity index (χ1v) is 6.51. The Hall–Kier alpha value is -1.39.